The third kappa shape index (κ3) is 5.38. The summed E-state index contributed by atoms with van der Waals surface area (Å²) in [6.45, 7) is 8.43. The number of hydrogen-bond donors (Lipinski definition) is 0. The van der Waals surface area contributed by atoms with Gasteiger partial charge in [0, 0.05) is 21.9 Å². The molecule has 0 N–H and O–H groups in total. The van der Waals surface area contributed by atoms with E-state index in [1.54, 1.807) is 0 Å². The zero-order chi connectivity index (χ0) is 39.2. The first-order chi connectivity index (χ1) is 28.2. The Balaban J connectivity index is 1.19. The monoisotopic (exact) mass is 750 g/mol. The number of fused-ring (bicyclic) bond motifs is 3. The van der Waals surface area contributed by atoms with Crippen molar-refractivity contribution in [1.82, 2.24) is 19.5 Å². The van der Waals surface area contributed by atoms with Crippen LogP contribution in [0.15, 0.2) is 164 Å². The number of rotatable bonds is 6. The highest BCUT2D eigenvalue weighted by Gasteiger charge is 2.52. The Morgan fingerprint density at radius 2 is 0.879 bits per heavy atom. The summed E-state index contributed by atoms with van der Waals surface area (Å²) in [5.74, 6) is 1.75. The third-order valence-electron chi connectivity index (χ3n) is 12.3. The molecule has 1 aliphatic heterocycles. The predicted octanol–water partition coefficient (Wildman–Crippen LogP) is 11.7. The second-order valence-electron chi connectivity index (χ2n) is 16.3. The van der Waals surface area contributed by atoms with Crippen LogP contribution in [-0.4, -0.2) is 37.8 Å². The van der Waals surface area contributed by atoms with Crippen LogP contribution in [0, 0.1) is 0 Å². The van der Waals surface area contributed by atoms with E-state index in [2.05, 4.69) is 184 Å². The predicted molar refractivity (Wildman–Crippen MR) is 238 cm³/mol. The van der Waals surface area contributed by atoms with Gasteiger partial charge in [0.2, 0.25) is 5.95 Å². The molecular weight excluding hydrogens is 711 g/mol. The highest BCUT2D eigenvalue weighted by Crippen LogP contribution is 2.44. The van der Waals surface area contributed by atoms with Crippen LogP contribution in [0.1, 0.15) is 27.7 Å². The Labute approximate surface area is 337 Å². The van der Waals surface area contributed by atoms with Gasteiger partial charge in [0.15, 0.2) is 11.6 Å². The largest absolute Gasteiger partial charge is 0.495 e. The molecule has 6 nitrogen and oxygen atoms in total. The summed E-state index contributed by atoms with van der Waals surface area (Å²) in [7, 11) is -0.537. The van der Waals surface area contributed by atoms with Crippen LogP contribution in [0.3, 0.4) is 0 Å². The molecule has 278 valence electrons. The molecule has 3 heterocycles. The molecule has 10 aromatic rings. The molecule has 58 heavy (non-hydrogen) atoms. The van der Waals surface area contributed by atoms with E-state index in [4.69, 9.17) is 24.3 Å². The van der Waals surface area contributed by atoms with E-state index in [9.17, 15) is 0 Å². The normalized spacial score (nSPS) is 15.0. The summed E-state index contributed by atoms with van der Waals surface area (Å²) in [5, 5.41) is 6.92. The molecule has 7 heteroatoms. The molecule has 0 unspecified atom stereocenters. The van der Waals surface area contributed by atoms with Crippen LogP contribution in [0.4, 0.5) is 0 Å². The van der Waals surface area contributed by atoms with Crippen LogP contribution in [0.25, 0.3) is 94.3 Å². The van der Waals surface area contributed by atoms with E-state index in [-0.39, 0.29) is 0 Å². The van der Waals surface area contributed by atoms with Crippen LogP contribution in [0.2, 0.25) is 0 Å². The minimum Gasteiger partial charge on any atom is -0.399 e. The van der Waals surface area contributed by atoms with E-state index < -0.39 is 18.3 Å². The number of aromatic nitrogens is 4. The molecule has 0 radical (unpaired) electrons. The topological polar surface area (TPSA) is 62.1 Å². The Morgan fingerprint density at radius 3 is 1.48 bits per heavy atom. The molecule has 0 atom stereocenters. The molecule has 0 amide bonds. The lowest BCUT2D eigenvalue weighted by molar-refractivity contribution is 0.00578. The van der Waals surface area contributed by atoms with Crippen molar-refractivity contribution in [3.05, 3.63) is 164 Å². The van der Waals surface area contributed by atoms with Crippen LogP contribution in [0.5, 0.6) is 0 Å². The fourth-order valence-corrected chi connectivity index (χ4v) is 8.66. The molecule has 2 aromatic heterocycles. The van der Waals surface area contributed by atoms with E-state index in [0.717, 1.165) is 71.4 Å². The van der Waals surface area contributed by atoms with Gasteiger partial charge in [0.1, 0.15) is 0 Å². The Hall–Kier alpha value is -6.67. The van der Waals surface area contributed by atoms with Gasteiger partial charge in [-0.2, -0.15) is 9.97 Å². The Bertz CT molecular complexity index is 3080. The zero-order valence-electron chi connectivity index (χ0n) is 32.8. The van der Waals surface area contributed by atoms with Gasteiger partial charge in [-0.15, -0.1) is 0 Å². The summed E-state index contributed by atoms with van der Waals surface area (Å²) >= 11 is 0. The summed E-state index contributed by atoms with van der Waals surface area (Å²) in [6, 6.07) is 57.3. The standard InChI is InChI=1S/C51H39BN4O2/c1-50(2)51(3,4)58-52(57-50)41-28-29-43-46-44(41)39-25-12-11-24-38(39)40-26-15-27-42(45(40)46)56(43)49-54-47(36-22-13-20-34(30-36)32-16-7-5-8-17-32)53-48(55-49)37-23-14-21-35(31-37)33-18-9-6-10-19-33/h5-31H,1-4H3. The summed E-state index contributed by atoms with van der Waals surface area (Å²) in [6.07, 6.45) is 0. The molecule has 0 spiro atoms. The maximum atomic E-state index is 6.73. The average Bonchev–Trinajstić information content (AvgIpc) is 3.72. The fraction of sp³-hybridized carbons (Fsp3) is 0.118. The fourth-order valence-electron chi connectivity index (χ4n) is 8.66. The second-order valence-corrected chi connectivity index (χ2v) is 16.3. The van der Waals surface area contributed by atoms with Gasteiger partial charge in [-0.05, 0) is 101 Å². The first-order valence-electron chi connectivity index (χ1n) is 19.9. The first-order valence-corrected chi connectivity index (χ1v) is 19.9. The number of benzene rings is 8. The van der Waals surface area contributed by atoms with Gasteiger partial charge in [0.05, 0.1) is 22.2 Å². The lowest BCUT2D eigenvalue weighted by Crippen LogP contribution is -2.41. The minimum absolute atomic E-state index is 0.486. The van der Waals surface area contributed by atoms with Gasteiger partial charge in [-0.1, -0.05) is 140 Å². The molecule has 1 aliphatic rings. The molecule has 0 saturated carbocycles. The Morgan fingerprint density at radius 1 is 0.414 bits per heavy atom. The molecule has 1 saturated heterocycles. The lowest BCUT2D eigenvalue weighted by Gasteiger charge is -2.32. The average molecular weight is 751 g/mol. The summed E-state index contributed by atoms with van der Waals surface area (Å²) in [5.41, 5.74) is 8.34. The molecule has 8 aromatic carbocycles. The van der Waals surface area contributed by atoms with Crippen molar-refractivity contribution in [2.75, 3.05) is 0 Å². The summed E-state index contributed by atoms with van der Waals surface area (Å²) < 4.78 is 15.7. The van der Waals surface area contributed by atoms with Crippen molar-refractivity contribution in [1.29, 1.82) is 0 Å². The highest BCUT2D eigenvalue weighted by atomic mass is 16.7. The van der Waals surface area contributed by atoms with Gasteiger partial charge in [-0.3, -0.25) is 4.57 Å². The van der Waals surface area contributed by atoms with Gasteiger partial charge in [-0.25, -0.2) is 4.98 Å². The van der Waals surface area contributed by atoms with E-state index in [1.807, 2.05) is 12.1 Å². The number of nitrogens with zero attached hydrogens (tertiary/aromatic N) is 4. The second kappa shape index (κ2) is 12.9. The van der Waals surface area contributed by atoms with Gasteiger partial charge in [0.25, 0.3) is 0 Å². The third-order valence-corrected chi connectivity index (χ3v) is 12.3. The van der Waals surface area contributed by atoms with Crippen molar-refractivity contribution >= 4 is 55.9 Å². The first kappa shape index (κ1) is 34.6. The zero-order valence-corrected chi connectivity index (χ0v) is 32.8. The van der Waals surface area contributed by atoms with Crippen molar-refractivity contribution in [2.24, 2.45) is 0 Å². The van der Waals surface area contributed by atoms with Crippen molar-refractivity contribution < 1.29 is 9.31 Å². The SMILES string of the molecule is CC1(C)OB(c2ccc3c4c2c2ccccc2c2cccc(c24)n3-c2nc(-c3cccc(-c4ccccc4)c3)nc(-c3cccc(-c4ccccc4)c3)n2)OC1(C)C. The molecule has 1 fully saturated rings. The lowest BCUT2D eigenvalue weighted by atomic mass is 9.74. The van der Waals surface area contributed by atoms with Gasteiger partial charge >= 0.3 is 7.12 Å². The van der Waals surface area contributed by atoms with Crippen molar-refractivity contribution in [3.8, 4) is 51.0 Å². The highest BCUT2D eigenvalue weighted by molar-refractivity contribution is 6.67. The van der Waals surface area contributed by atoms with Crippen molar-refractivity contribution in [3.63, 3.8) is 0 Å². The van der Waals surface area contributed by atoms with E-state index >= 15 is 0 Å². The van der Waals surface area contributed by atoms with Crippen LogP contribution in [-0.2, 0) is 9.31 Å². The van der Waals surface area contributed by atoms with E-state index in [1.165, 1.54) is 10.8 Å². The minimum atomic E-state index is -0.537. The maximum absolute atomic E-state index is 6.73. The van der Waals surface area contributed by atoms with Crippen LogP contribution >= 0.6 is 0 Å². The Kier molecular flexibility index (Phi) is 7.71. The van der Waals surface area contributed by atoms with Crippen LogP contribution < -0.4 is 5.46 Å². The van der Waals surface area contributed by atoms with E-state index in [0.29, 0.717) is 17.6 Å². The smallest absolute Gasteiger partial charge is 0.399 e. The molecular formula is C51H39BN4O2. The maximum Gasteiger partial charge on any atom is 0.495 e. The van der Waals surface area contributed by atoms with Gasteiger partial charge < -0.3 is 9.31 Å². The molecule has 11 rings (SSSR count). The van der Waals surface area contributed by atoms with Crippen molar-refractivity contribution in [2.45, 2.75) is 38.9 Å². The molecule has 0 bridgehead atoms. The quantitative estimate of drug-likeness (QED) is 0.125. The molecule has 0 aliphatic carbocycles. The summed E-state index contributed by atoms with van der Waals surface area (Å²) in [4.78, 5) is 15.9. The number of hydrogen-bond acceptors (Lipinski definition) is 5.